The zero-order valence-corrected chi connectivity index (χ0v) is 13.0. The lowest BCUT2D eigenvalue weighted by Crippen LogP contribution is -2.00. The van der Waals surface area contributed by atoms with Gasteiger partial charge in [0.25, 0.3) is 5.69 Å². The Balaban J connectivity index is 1.80. The van der Waals surface area contributed by atoms with E-state index in [1.165, 1.54) is 12.1 Å². The molecule has 2 aromatic heterocycles. The van der Waals surface area contributed by atoms with Gasteiger partial charge in [-0.15, -0.1) is 10.2 Å². The summed E-state index contributed by atoms with van der Waals surface area (Å²) in [5, 5.41) is 20.3. The third-order valence-corrected chi connectivity index (χ3v) is 4.04. The summed E-state index contributed by atoms with van der Waals surface area (Å²) in [5.41, 5.74) is 2.32. The number of nitrogens with zero attached hydrogens (tertiary/aromatic N) is 5. The largest absolute Gasteiger partial charge is 0.269 e. The van der Waals surface area contributed by atoms with Crippen molar-refractivity contribution in [2.24, 2.45) is 0 Å². The minimum atomic E-state index is -0.427. The zero-order valence-electron chi connectivity index (χ0n) is 12.3. The molecule has 0 amide bonds. The average molecular weight is 340 g/mol. The number of halogens is 1. The van der Waals surface area contributed by atoms with E-state index in [1.54, 1.807) is 16.5 Å². The highest BCUT2D eigenvalue weighted by Crippen LogP contribution is 2.23. The lowest BCUT2D eigenvalue weighted by Gasteiger charge is -2.04. The molecule has 0 radical (unpaired) electrons. The quantitative estimate of drug-likeness (QED) is 0.324. The second-order valence-electron chi connectivity index (χ2n) is 5.27. The highest BCUT2D eigenvalue weighted by molar-refractivity contribution is 6.29. The topological polar surface area (TPSA) is 86.2 Å². The van der Waals surface area contributed by atoms with Crippen molar-refractivity contribution in [3.63, 3.8) is 0 Å². The van der Waals surface area contributed by atoms with Crippen LogP contribution in [0.2, 0.25) is 5.28 Å². The number of hydrogen-bond donors (Lipinski definition) is 0. The first-order valence-electron chi connectivity index (χ1n) is 7.15. The van der Waals surface area contributed by atoms with Gasteiger partial charge >= 0.3 is 0 Å². The van der Waals surface area contributed by atoms with E-state index in [9.17, 15) is 10.1 Å². The predicted molar refractivity (Wildman–Crippen MR) is 89.2 cm³/mol. The lowest BCUT2D eigenvalue weighted by molar-refractivity contribution is -0.384. The van der Waals surface area contributed by atoms with E-state index >= 15 is 0 Å². The van der Waals surface area contributed by atoms with Crippen molar-refractivity contribution in [1.29, 1.82) is 0 Å². The number of non-ortho nitro benzene ring substituents is 1. The summed E-state index contributed by atoms with van der Waals surface area (Å²) in [7, 11) is 0. The first-order chi connectivity index (χ1) is 11.6. The van der Waals surface area contributed by atoms with E-state index in [-0.39, 0.29) is 11.0 Å². The third-order valence-electron chi connectivity index (χ3n) is 3.78. The molecular formula is C16H10ClN5O2. The Bertz CT molecular complexity index is 1080. The molecule has 24 heavy (non-hydrogen) atoms. The molecule has 2 aromatic carbocycles. The van der Waals surface area contributed by atoms with Gasteiger partial charge in [0.1, 0.15) is 5.82 Å². The fourth-order valence-electron chi connectivity index (χ4n) is 2.63. The number of aromatic nitrogens is 4. The lowest BCUT2D eigenvalue weighted by atomic mass is 10.1. The summed E-state index contributed by atoms with van der Waals surface area (Å²) < 4.78 is 1.70. The molecule has 2 heterocycles. The highest BCUT2D eigenvalue weighted by Gasteiger charge is 2.14. The van der Waals surface area contributed by atoms with Crippen LogP contribution in [0.3, 0.4) is 0 Å². The molecule has 0 saturated carbocycles. The van der Waals surface area contributed by atoms with Gasteiger partial charge < -0.3 is 0 Å². The van der Waals surface area contributed by atoms with E-state index in [1.807, 2.05) is 24.3 Å². The summed E-state index contributed by atoms with van der Waals surface area (Å²) in [4.78, 5) is 14.7. The average Bonchev–Trinajstić information content (AvgIpc) is 3.00. The monoisotopic (exact) mass is 339 g/mol. The SMILES string of the molecule is O=[N+]([O-])c1ccc(Cc2nnc3c4ccccc4nc(Cl)n23)cc1. The second kappa shape index (κ2) is 5.54. The van der Waals surface area contributed by atoms with Gasteiger partial charge in [-0.05, 0) is 29.3 Å². The van der Waals surface area contributed by atoms with E-state index in [0.29, 0.717) is 17.9 Å². The molecule has 0 aliphatic rings. The van der Waals surface area contributed by atoms with Gasteiger partial charge in [0.2, 0.25) is 5.28 Å². The molecule has 0 atom stereocenters. The summed E-state index contributed by atoms with van der Waals surface area (Å²) in [6.45, 7) is 0. The zero-order chi connectivity index (χ0) is 16.7. The molecule has 4 rings (SSSR count). The summed E-state index contributed by atoms with van der Waals surface area (Å²) in [6.07, 6.45) is 0.443. The van der Waals surface area contributed by atoms with Gasteiger partial charge in [0, 0.05) is 23.9 Å². The molecule has 0 aliphatic heterocycles. The van der Waals surface area contributed by atoms with Gasteiger partial charge in [0.15, 0.2) is 5.65 Å². The van der Waals surface area contributed by atoms with Crippen molar-refractivity contribution in [2.45, 2.75) is 6.42 Å². The molecule has 7 nitrogen and oxygen atoms in total. The molecule has 118 valence electrons. The van der Waals surface area contributed by atoms with Crippen LogP contribution in [-0.2, 0) is 6.42 Å². The smallest absolute Gasteiger partial charge is 0.258 e. The fourth-order valence-corrected chi connectivity index (χ4v) is 2.90. The van der Waals surface area contributed by atoms with Crippen molar-refractivity contribution >= 4 is 33.8 Å². The van der Waals surface area contributed by atoms with Crippen LogP contribution in [0, 0.1) is 10.1 Å². The normalized spacial score (nSPS) is 11.2. The molecule has 0 fully saturated rings. The maximum Gasteiger partial charge on any atom is 0.269 e. The first kappa shape index (κ1) is 14.5. The Hall–Kier alpha value is -3.06. The van der Waals surface area contributed by atoms with Gasteiger partial charge in [-0.1, -0.05) is 24.3 Å². The van der Waals surface area contributed by atoms with Crippen LogP contribution in [0.15, 0.2) is 48.5 Å². The third kappa shape index (κ3) is 2.35. The summed E-state index contributed by atoms with van der Waals surface area (Å²) in [6, 6.07) is 13.9. The first-order valence-corrected chi connectivity index (χ1v) is 7.53. The van der Waals surface area contributed by atoms with Crippen LogP contribution in [-0.4, -0.2) is 24.5 Å². The minimum absolute atomic E-state index is 0.0514. The molecule has 0 aliphatic carbocycles. The number of rotatable bonds is 3. The van der Waals surface area contributed by atoms with Crippen molar-refractivity contribution < 1.29 is 4.92 Å². The van der Waals surface area contributed by atoms with Crippen LogP contribution in [0.25, 0.3) is 16.6 Å². The molecule has 0 N–H and O–H groups in total. The number of hydrogen-bond acceptors (Lipinski definition) is 5. The van der Waals surface area contributed by atoms with Gasteiger partial charge in [-0.2, -0.15) is 0 Å². The Morgan fingerprint density at radius 1 is 1.08 bits per heavy atom. The Morgan fingerprint density at radius 3 is 2.58 bits per heavy atom. The number of nitro groups is 1. The van der Waals surface area contributed by atoms with E-state index < -0.39 is 4.92 Å². The molecule has 0 spiro atoms. The highest BCUT2D eigenvalue weighted by atomic mass is 35.5. The molecule has 0 unspecified atom stereocenters. The van der Waals surface area contributed by atoms with Crippen LogP contribution in [0.5, 0.6) is 0 Å². The van der Waals surface area contributed by atoms with Crippen molar-refractivity contribution in [3.05, 3.63) is 75.3 Å². The van der Waals surface area contributed by atoms with Crippen LogP contribution < -0.4 is 0 Å². The summed E-state index contributed by atoms with van der Waals surface area (Å²) >= 11 is 6.30. The number of fused-ring (bicyclic) bond motifs is 3. The fraction of sp³-hybridized carbons (Fsp3) is 0.0625. The second-order valence-corrected chi connectivity index (χ2v) is 5.61. The maximum atomic E-state index is 10.7. The van der Waals surface area contributed by atoms with Crippen LogP contribution >= 0.6 is 11.6 Å². The van der Waals surface area contributed by atoms with Gasteiger partial charge in [-0.25, -0.2) is 4.98 Å². The van der Waals surface area contributed by atoms with Crippen molar-refractivity contribution in [2.75, 3.05) is 0 Å². The molecule has 0 saturated heterocycles. The summed E-state index contributed by atoms with van der Waals surface area (Å²) in [5.74, 6) is 0.627. The van der Waals surface area contributed by atoms with Crippen LogP contribution in [0.4, 0.5) is 5.69 Å². The van der Waals surface area contributed by atoms with E-state index in [0.717, 1.165) is 16.5 Å². The predicted octanol–water partition coefficient (Wildman–Crippen LogP) is 3.43. The standard InChI is InChI=1S/C16H10ClN5O2/c17-16-18-13-4-2-1-3-12(13)15-20-19-14(21(15)16)9-10-5-7-11(8-6-10)22(23)24/h1-8H,9H2. The van der Waals surface area contributed by atoms with Gasteiger partial charge in [-0.3, -0.25) is 14.5 Å². The van der Waals surface area contributed by atoms with E-state index in [2.05, 4.69) is 15.2 Å². The Labute approximate surface area is 140 Å². The molecule has 0 bridgehead atoms. The minimum Gasteiger partial charge on any atom is -0.258 e. The molecule has 4 aromatic rings. The number of nitro benzene ring substituents is 1. The number of para-hydroxylation sites is 1. The molecular weight excluding hydrogens is 330 g/mol. The van der Waals surface area contributed by atoms with Crippen molar-refractivity contribution in [3.8, 4) is 0 Å². The number of benzene rings is 2. The Morgan fingerprint density at radius 2 is 1.83 bits per heavy atom. The van der Waals surface area contributed by atoms with Crippen LogP contribution in [0.1, 0.15) is 11.4 Å². The maximum absolute atomic E-state index is 10.7. The van der Waals surface area contributed by atoms with Crippen molar-refractivity contribution in [1.82, 2.24) is 19.6 Å². The van der Waals surface area contributed by atoms with E-state index in [4.69, 9.17) is 11.6 Å². The van der Waals surface area contributed by atoms with Gasteiger partial charge in [0.05, 0.1) is 10.4 Å². The molecule has 8 heteroatoms. The Kier molecular flexibility index (Phi) is 3.35.